The van der Waals surface area contributed by atoms with Crippen LogP contribution in [0.25, 0.3) is 0 Å². The predicted octanol–water partition coefficient (Wildman–Crippen LogP) is 3.86. The third-order valence-corrected chi connectivity index (χ3v) is 3.36. The molecular formula is C16H15BrO3. The maximum Gasteiger partial charge on any atom is 0.188 e. The van der Waals surface area contributed by atoms with E-state index in [1.165, 1.54) is 0 Å². The fraction of sp³-hybridized carbons (Fsp3) is 0.188. The molecule has 3 nitrogen and oxygen atoms in total. The third-order valence-electron chi connectivity index (χ3n) is 2.83. The summed E-state index contributed by atoms with van der Waals surface area (Å²) in [7, 11) is 1.63. The van der Waals surface area contributed by atoms with Gasteiger partial charge in [0.1, 0.15) is 12.4 Å². The molecule has 2 aromatic carbocycles. The Morgan fingerprint density at radius 2 is 1.70 bits per heavy atom. The highest BCUT2D eigenvalue weighted by Gasteiger charge is 2.05. The monoisotopic (exact) mass is 334 g/mol. The van der Waals surface area contributed by atoms with Crippen molar-refractivity contribution in [2.24, 2.45) is 0 Å². The SMILES string of the molecule is COc1ccc(COCC(=O)c2ccc(Br)cc2)cc1. The summed E-state index contributed by atoms with van der Waals surface area (Å²) < 4.78 is 11.5. The molecule has 0 aromatic heterocycles. The Morgan fingerprint density at radius 1 is 1.05 bits per heavy atom. The highest BCUT2D eigenvalue weighted by molar-refractivity contribution is 9.10. The smallest absolute Gasteiger partial charge is 0.188 e. The lowest BCUT2D eigenvalue weighted by Crippen LogP contribution is -2.08. The van der Waals surface area contributed by atoms with Crippen molar-refractivity contribution in [1.82, 2.24) is 0 Å². The van der Waals surface area contributed by atoms with Crippen LogP contribution in [0, 0.1) is 0 Å². The van der Waals surface area contributed by atoms with Crippen molar-refractivity contribution in [3.05, 3.63) is 64.1 Å². The molecule has 0 aliphatic rings. The topological polar surface area (TPSA) is 35.5 Å². The molecule has 0 atom stereocenters. The van der Waals surface area contributed by atoms with Gasteiger partial charge in [-0.25, -0.2) is 0 Å². The average Bonchev–Trinajstić information content (AvgIpc) is 2.48. The summed E-state index contributed by atoms with van der Waals surface area (Å²) in [4.78, 5) is 11.9. The van der Waals surface area contributed by atoms with Crippen molar-refractivity contribution in [3.8, 4) is 5.75 Å². The maximum atomic E-state index is 11.9. The van der Waals surface area contributed by atoms with E-state index in [0.29, 0.717) is 12.2 Å². The molecule has 0 saturated carbocycles. The summed E-state index contributed by atoms with van der Waals surface area (Å²) in [6, 6.07) is 14.8. The van der Waals surface area contributed by atoms with Gasteiger partial charge in [-0.15, -0.1) is 0 Å². The van der Waals surface area contributed by atoms with Crippen molar-refractivity contribution in [2.75, 3.05) is 13.7 Å². The third kappa shape index (κ3) is 4.18. The minimum Gasteiger partial charge on any atom is -0.497 e. The van der Waals surface area contributed by atoms with Crippen LogP contribution in [-0.2, 0) is 11.3 Å². The number of ketones is 1. The first-order valence-electron chi connectivity index (χ1n) is 6.18. The number of carbonyl (C=O) groups excluding carboxylic acids is 1. The van der Waals surface area contributed by atoms with Gasteiger partial charge in [-0.3, -0.25) is 4.79 Å². The van der Waals surface area contributed by atoms with Gasteiger partial charge in [0.25, 0.3) is 0 Å². The Hall–Kier alpha value is -1.65. The molecule has 0 aliphatic carbocycles. The fourth-order valence-corrected chi connectivity index (χ4v) is 1.97. The normalized spacial score (nSPS) is 10.3. The summed E-state index contributed by atoms with van der Waals surface area (Å²) in [5.41, 5.74) is 1.66. The molecule has 104 valence electrons. The lowest BCUT2D eigenvalue weighted by atomic mass is 10.1. The van der Waals surface area contributed by atoms with E-state index in [-0.39, 0.29) is 12.4 Å². The zero-order chi connectivity index (χ0) is 14.4. The summed E-state index contributed by atoms with van der Waals surface area (Å²) >= 11 is 3.34. The summed E-state index contributed by atoms with van der Waals surface area (Å²) in [6.07, 6.45) is 0. The number of hydrogen-bond donors (Lipinski definition) is 0. The Kier molecular flexibility index (Phi) is 5.32. The number of halogens is 1. The lowest BCUT2D eigenvalue weighted by molar-refractivity contribution is 0.0726. The first-order valence-corrected chi connectivity index (χ1v) is 6.98. The molecule has 0 N–H and O–H groups in total. The summed E-state index contributed by atoms with van der Waals surface area (Å²) in [5.74, 6) is 0.783. The Morgan fingerprint density at radius 3 is 2.30 bits per heavy atom. The van der Waals surface area contributed by atoms with Gasteiger partial charge in [-0.1, -0.05) is 40.2 Å². The van der Waals surface area contributed by atoms with Gasteiger partial charge in [0.05, 0.1) is 13.7 Å². The van der Waals surface area contributed by atoms with Gasteiger partial charge in [0.15, 0.2) is 5.78 Å². The van der Waals surface area contributed by atoms with Crippen LogP contribution in [0.5, 0.6) is 5.75 Å². The molecule has 20 heavy (non-hydrogen) atoms. The Labute approximate surface area is 126 Å². The largest absolute Gasteiger partial charge is 0.497 e. The first-order chi connectivity index (χ1) is 9.69. The minimum atomic E-state index is -0.0222. The second-order valence-electron chi connectivity index (χ2n) is 4.27. The maximum absolute atomic E-state index is 11.9. The van der Waals surface area contributed by atoms with E-state index in [4.69, 9.17) is 9.47 Å². The molecule has 0 fully saturated rings. The van der Waals surface area contributed by atoms with E-state index < -0.39 is 0 Å². The molecule has 0 unspecified atom stereocenters. The average molecular weight is 335 g/mol. The van der Waals surface area contributed by atoms with E-state index in [2.05, 4.69) is 15.9 Å². The van der Waals surface area contributed by atoms with Gasteiger partial charge in [-0.2, -0.15) is 0 Å². The van der Waals surface area contributed by atoms with Gasteiger partial charge in [0, 0.05) is 10.0 Å². The number of benzene rings is 2. The summed E-state index contributed by atoms with van der Waals surface area (Å²) in [5, 5.41) is 0. The van der Waals surface area contributed by atoms with Crippen molar-refractivity contribution in [1.29, 1.82) is 0 Å². The van der Waals surface area contributed by atoms with E-state index in [1.807, 2.05) is 36.4 Å². The lowest BCUT2D eigenvalue weighted by Gasteiger charge is -2.05. The quantitative estimate of drug-likeness (QED) is 0.752. The van der Waals surface area contributed by atoms with Crippen molar-refractivity contribution < 1.29 is 14.3 Å². The second-order valence-corrected chi connectivity index (χ2v) is 5.19. The molecule has 2 rings (SSSR count). The van der Waals surface area contributed by atoms with Crippen LogP contribution in [0.15, 0.2) is 53.0 Å². The Balaban J connectivity index is 1.82. The second kappa shape index (κ2) is 7.22. The van der Waals surface area contributed by atoms with Crippen LogP contribution in [0.3, 0.4) is 0 Å². The molecule has 0 saturated heterocycles. The summed E-state index contributed by atoms with van der Waals surface area (Å²) in [6.45, 7) is 0.486. The molecule has 0 radical (unpaired) electrons. The number of methoxy groups -OCH3 is 1. The van der Waals surface area contributed by atoms with Gasteiger partial charge < -0.3 is 9.47 Å². The number of hydrogen-bond acceptors (Lipinski definition) is 3. The first kappa shape index (κ1) is 14.8. The van der Waals surface area contributed by atoms with E-state index >= 15 is 0 Å². The molecule has 0 aliphatic heterocycles. The van der Waals surface area contributed by atoms with E-state index in [9.17, 15) is 4.79 Å². The molecule has 0 spiro atoms. The van der Waals surface area contributed by atoms with Crippen molar-refractivity contribution >= 4 is 21.7 Å². The fourth-order valence-electron chi connectivity index (χ4n) is 1.70. The van der Waals surface area contributed by atoms with Crippen LogP contribution in [0.1, 0.15) is 15.9 Å². The zero-order valence-corrected chi connectivity index (χ0v) is 12.7. The molecule has 0 amide bonds. The highest BCUT2D eigenvalue weighted by Crippen LogP contribution is 2.13. The van der Waals surface area contributed by atoms with Crippen LogP contribution in [0.4, 0.5) is 0 Å². The molecule has 4 heteroatoms. The van der Waals surface area contributed by atoms with Crippen molar-refractivity contribution in [2.45, 2.75) is 6.61 Å². The van der Waals surface area contributed by atoms with Crippen LogP contribution in [0.2, 0.25) is 0 Å². The zero-order valence-electron chi connectivity index (χ0n) is 11.1. The van der Waals surface area contributed by atoms with Gasteiger partial charge in [-0.05, 0) is 29.8 Å². The van der Waals surface area contributed by atoms with Gasteiger partial charge in [0.2, 0.25) is 0 Å². The molecular weight excluding hydrogens is 320 g/mol. The van der Waals surface area contributed by atoms with Gasteiger partial charge >= 0.3 is 0 Å². The van der Waals surface area contributed by atoms with E-state index in [0.717, 1.165) is 15.8 Å². The number of ether oxygens (including phenoxy) is 2. The molecule has 0 bridgehead atoms. The standard InChI is InChI=1S/C16H15BrO3/c1-19-15-8-2-12(3-9-15)10-20-11-16(18)13-4-6-14(17)7-5-13/h2-9H,10-11H2,1H3. The molecule has 0 heterocycles. The van der Waals surface area contributed by atoms with Crippen LogP contribution in [-0.4, -0.2) is 19.5 Å². The Bertz CT molecular complexity index is 561. The van der Waals surface area contributed by atoms with Crippen molar-refractivity contribution in [3.63, 3.8) is 0 Å². The number of Topliss-reactive ketones (excluding diaryl/α,β-unsaturated/α-hetero) is 1. The van der Waals surface area contributed by atoms with E-state index in [1.54, 1.807) is 19.2 Å². The molecule has 2 aromatic rings. The number of rotatable bonds is 6. The highest BCUT2D eigenvalue weighted by atomic mass is 79.9. The number of carbonyl (C=O) groups is 1. The van der Waals surface area contributed by atoms with Crippen LogP contribution >= 0.6 is 15.9 Å². The predicted molar refractivity (Wildman–Crippen MR) is 81.1 cm³/mol. The van der Waals surface area contributed by atoms with Crippen LogP contribution < -0.4 is 4.74 Å². The minimum absolute atomic E-state index is 0.0222.